The lowest BCUT2D eigenvalue weighted by Gasteiger charge is -2.29. The number of aliphatic hydroxyl groups excluding tert-OH is 1. The summed E-state index contributed by atoms with van der Waals surface area (Å²) < 4.78 is -0.366. The molecule has 0 unspecified atom stereocenters. The molecule has 88 valence electrons. The van der Waals surface area contributed by atoms with Crippen molar-refractivity contribution in [1.29, 1.82) is 0 Å². The molecule has 2 N–H and O–H groups in total. The van der Waals surface area contributed by atoms with E-state index in [2.05, 4.69) is 5.32 Å². The van der Waals surface area contributed by atoms with Crippen molar-refractivity contribution in [1.82, 2.24) is 10.2 Å². The Balaban J connectivity index is 2.78. The van der Waals surface area contributed by atoms with E-state index < -0.39 is 11.8 Å². The van der Waals surface area contributed by atoms with Crippen LogP contribution in [0.25, 0.3) is 0 Å². The molecule has 1 atom stereocenters. The average molecular weight is 242 g/mol. The smallest absolute Gasteiger partial charge is 0.244 e. The van der Waals surface area contributed by atoms with Gasteiger partial charge < -0.3 is 15.3 Å². The number of hydrogen-bond acceptors (Lipinski definition) is 4. The largest absolute Gasteiger partial charge is 0.395 e. The van der Waals surface area contributed by atoms with Crippen LogP contribution < -0.4 is 5.32 Å². The van der Waals surface area contributed by atoms with Crippen molar-refractivity contribution in [2.24, 2.45) is 0 Å². The number of rotatable bonds is 3. The summed E-state index contributed by atoms with van der Waals surface area (Å²) in [4.78, 5) is 24.4. The fourth-order valence-electron chi connectivity index (χ4n) is 1.69. The fraction of sp³-hybridized carbons (Fsp3) is 0.778. The Kier molecular flexibility index (Phi) is 4.26. The number of carbonyl (C=O) groups excluding carboxylic acids is 2. The van der Waals surface area contributed by atoms with Crippen LogP contribution in [-0.4, -0.2) is 59.4 Å². The minimum Gasteiger partial charge on any atom is -0.395 e. The van der Waals surface area contributed by atoms with Crippen LogP contribution in [-0.2, 0) is 4.79 Å². The van der Waals surface area contributed by atoms with Crippen molar-refractivity contribution in [3.63, 3.8) is 0 Å². The molecule has 0 aromatic heterocycles. The van der Waals surface area contributed by atoms with Crippen molar-refractivity contribution in [3.8, 4) is 0 Å². The van der Waals surface area contributed by atoms with E-state index in [1.165, 1.54) is 16.7 Å². The van der Waals surface area contributed by atoms with Crippen LogP contribution in [0, 0.1) is 0 Å². The molecule has 1 rings (SSSR count). The highest BCUT2D eigenvalue weighted by atomic mass is 32.2. The zero-order valence-electron chi connectivity index (χ0n) is 9.40. The highest BCUT2D eigenvalue weighted by Gasteiger charge is 2.46. The monoisotopic (exact) mass is 242 g/mol. The molecular formula is C9H15BN2O3S. The number of aliphatic hydroxyl groups is 1. The number of amides is 2. The molecule has 0 spiro atoms. The molecule has 16 heavy (non-hydrogen) atoms. The maximum atomic E-state index is 11.8. The predicted octanol–water partition coefficient (Wildman–Crippen LogP) is -0.463. The summed E-state index contributed by atoms with van der Waals surface area (Å²) in [6.07, 6.45) is 0. The number of carbonyl (C=O) groups is 2. The van der Waals surface area contributed by atoms with Crippen LogP contribution in [0.4, 0.5) is 4.79 Å². The molecule has 2 radical (unpaired) electrons. The molecule has 7 heteroatoms. The van der Waals surface area contributed by atoms with Crippen LogP contribution in [0.2, 0.25) is 0 Å². The van der Waals surface area contributed by atoms with Gasteiger partial charge >= 0.3 is 0 Å². The normalized spacial score (nSPS) is 23.2. The van der Waals surface area contributed by atoms with Crippen molar-refractivity contribution < 1.29 is 14.7 Å². The molecule has 1 fully saturated rings. The van der Waals surface area contributed by atoms with Crippen molar-refractivity contribution in [3.05, 3.63) is 0 Å². The molecule has 0 aromatic carbocycles. The summed E-state index contributed by atoms with van der Waals surface area (Å²) in [5, 5.41) is 11.2. The summed E-state index contributed by atoms with van der Waals surface area (Å²) in [5.74, 6) is -0.454. The highest BCUT2D eigenvalue weighted by molar-refractivity contribution is 8.00. The summed E-state index contributed by atoms with van der Waals surface area (Å²) in [6, 6.07) is -0.582. The van der Waals surface area contributed by atoms with Gasteiger partial charge in [0.05, 0.1) is 12.5 Å². The quantitative estimate of drug-likeness (QED) is 0.657. The van der Waals surface area contributed by atoms with Gasteiger partial charge in [-0.1, -0.05) is 0 Å². The van der Waals surface area contributed by atoms with Gasteiger partial charge in [-0.05, 0) is 13.8 Å². The van der Waals surface area contributed by atoms with Crippen LogP contribution in [0.15, 0.2) is 0 Å². The second-order valence-corrected chi connectivity index (χ2v) is 5.70. The summed E-state index contributed by atoms with van der Waals surface area (Å²) in [7, 11) is 5.22. The van der Waals surface area contributed by atoms with E-state index in [0.717, 1.165) is 0 Å². The fourth-order valence-corrected chi connectivity index (χ4v) is 2.83. The molecule has 5 nitrogen and oxygen atoms in total. The van der Waals surface area contributed by atoms with Gasteiger partial charge in [0.2, 0.25) is 13.8 Å². The first-order chi connectivity index (χ1) is 7.40. The highest BCUT2D eigenvalue weighted by Crippen LogP contribution is 2.39. The first kappa shape index (κ1) is 13.4. The Hall–Kier alpha value is -0.685. The van der Waals surface area contributed by atoms with Gasteiger partial charge in [-0.2, -0.15) is 0 Å². The molecular weight excluding hydrogens is 227 g/mol. The standard InChI is InChI=1S/C9H15BN2O3S/c1-9(2)6(7(14)11-3-4-13)12(5-16-9)8(10)15/h6,13H,3-5H2,1-2H3,(H,11,14)/t6-/m0/s1. The molecule has 0 aromatic rings. The van der Waals surface area contributed by atoms with E-state index in [9.17, 15) is 9.59 Å². The molecule has 0 saturated carbocycles. The van der Waals surface area contributed by atoms with E-state index in [-0.39, 0.29) is 23.8 Å². The first-order valence-electron chi connectivity index (χ1n) is 4.98. The van der Waals surface area contributed by atoms with Crippen LogP contribution in [0.1, 0.15) is 13.8 Å². The summed E-state index contributed by atoms with van der Waals surface area (Å²) >= 11 is 1.51. The molecule has 0 aliphatic carbocycles. The van der Waals surface area contributed by atoms with Gasteiger partial charge in [-0.25, -0.2) is 0 Å². The first-order valence-corrected chi connectivity index (χ1v) is 5.97. The summed E-state index contributed by atoms with van der Waals surface area (Å²) in [6.45, 7) is 3.85. The lowest BCUT2D eigenvalue weighted by atomic mass is 9.98. The third-order valence-corrected chi connectivity index (χ3v) is 3.86. The zero-order chi connectivity index (χ0) is 12.3. The topological polar surface area (TPSA) is 69.6 Å². The van der Waals surface area contributed by atoms with Crippen molar-refractivity contribution >= 4 is 31.3 Å². The lowest BCUT2D eigenvalue weighted by Crippen LogP contribution is -2.53. The zero-order valence-corrected chi connectivity index (χ0v) is 10.2. The second kappa shape index (κ2) is 5.10. The van der Waals surface area contributed by atoms with Crippen molar-refractivity contribution in [2.45, 2.75) is 24.6 Å². The van der Waals surface area contributed by atoms with E-state index >= 15 is 0 Å². The molecule has 1 heterocycles. The molecule has 2 amide bonds. The lowest BCUT2D eigenvalue weighted by molar-refractivity contribution is -0.125. The minimum atomic E-state index is -0.595. The van der Waals surface area contributed by atoms with Crippen LogP contribution in [0.5, 0.6) is 0 Å². The molecule has 1 aliphatic rings. The average Bonchev–Trinajstić information content (AvgIpc) is 2.50. The Bertz CT molecular complexity index is 298. The van der Waals surface area contributed by atoms with Gasteiger partial charge in [0.25, 0.3) is 0 Å². The third kappa shape index (κ3) is 2.71. The van der Waals surface area contributed by atoms with Gasteiger partial charge in [0, 0.05) is 11.3 Å². The van der Waals surface area contributed by atoms with Crippen LogP contribution >= 0.6 is 11.8 Å². The molecule has 0 bridgehead atoms. The SMILES string of the molecule is [B]C(=O)N1CSC(C)(C)[C@@H]1C(=O)NCCO. The Morgan fingerprint density at radius 2 is 2.25 bits per heavy atom. The van der Waals surface area contributed by atoms with E-state index in [4.69, 9.17) is 13.0 Å². The van der Waals surface area contributed by atoms with E-state index in [1.807, 2.05) is 13.8 Å². The predicted molar refractivity (Wildman–Crippen MR) is 63.4 cm³/mol. The van der Waals surface area contributed by atoms with Crippen LogP contribution in [0.3, 0.4) is 0 Å². The third-order valence-electron chi connectivity index (χ3n) is 2.49. The van der Waals surface area contributed by atoms with Gasteiger partial charge in [0.1, 0.15) is 6.04 Å². The van der Waals surface area contributed by atoms with Gasteiger partial charge in [-0.15, -0.1) is 11.8 Å². The number of hydrogen-bond donors (Lipinski definition) is 2. The van der Waals surface area contributed by atoms with Crippen molar-refractivity contribution in [2.75, 3.05) is 19.0 Å². The Morgan fingerprint density at radius 1 is 1.62 bits per heavy atom. The van der Waals surface area contributed by atoms with Gasteiger partial charge in [0.15, 0.2) is 5.81 Å². The second-order valence-electron chi connectivity index (χ2n) is 4.10. The number of thioether (sulfide) groups is 1. The van der Waals surface area contributed by atoms with E-state index in [1.54, 1.807) is 0 Å². The summed E-state index contributed by atoms with van der Waals surface area (Å²) in [5.41, 5.74) is 0. The maximum Gasteiger partial charge on any atom is 0.244 e. The number of nitrogens with one attached hydrogen (secondary N) is 1. The molecule has 1 aliphatic heterocycles. The molecule has 1 saturated heterocycles. The van der Waals surface area contributed by atoms with E-state index in [0.29, 0.717) is 5.88 Å². The number of nitrogens with zero attached hydrogens (tertiary/aromatic N) is 1. The Labute approximate surface area is 100 Å². The Morgan fingerprint density at radius 3 is 2.75 bits per heavy atom. The minimum absolute atomic E-state index is 0.122. The van der Waals surface area contributed by atoms with Gasteiger partial charge in [-0.3, -0.25) is 9.59 Å². The maximum absolute atomic E-state index is 11.8.